The molecule has 0 saturated carbocycles. The van der Waals surface area contributed by atoms with Gasteiger partial charge in [0, 0.05) is 37.6 Å². The van der Waals surface area contributed by atoms with Crippen molar-refractivity contribution in [3.05, 3.63) is 57.4 Å². The number of benzene rings is 1. The molecule has 0 atom stereocenters. The van der Waals surface area contributed by atoms with Gasteiger partial charge in [0.1, 0.15) is 23.3 Å². The van der Waals surface area contributed by atoms with E-state index in [9.17, 15) is 9.65 Å². The van der Waals surface area contributed by atoms with Crippen LogP contribution in [0.25, 0.3) is 5.69 Å². The molecule has 0 aliphatic carbocycles. The molecule has 2 aromatic heterocycles. The van der Waals surface area contributed by atoms with E-state index in [2.05, 4.69) is 31.8 Å². The van der Waals surface area contributed by atoms with Gasteiger partial charge in [0.2, 0.25) is 0 Å². The summed E-state index contributed by atoms with van der Waals surface area (Å²) in [6, 6.07) is 7.95. The zero-order chi connectivity index (χ0) is 22.2. The number of nitrogens with zero attached hydrogens (tertiary/aromatic N) is 5. The second-order valence-electron chi connectivity index (χ2n) is 6.85. The Morgan fingerprint density at radius 2 is 2.00 bits per heavy atom. The second kappa shape index (κ2) is 10.5. The molecule has 0 radical (unpaired) electrons. The van der Waals surface area contributed by atoms with E-state index in [1.54, 1.807) is 30.5 Å². The fourth-order valence-electron chi connectivity index (χ4n) is 3.04. The van der Waals surface area contributed by atoms with Crippen molar-refractivity contribution in [1.29, 1.82) is 5.26 Å². The van der Waals surface area contributed by atoms with Gasteiger partial charge in [0.25, 0.3) is 0 Å². The first kappa shape index (κ1) is 22.2. The molecule has 0 aliphatic heterocycles. The van der Waals surface area contributed by atoms with Crippen LogP contribution >= 0.6 is 11.3 Å². The van der Waals surface area contributed by atoms with Crippen molar-refractivity contribution < 1.29 is 4.39 Å². The van der Waals surface area contributed by atoms with E-state index < -0.39 is 0 Å². The fourth-order valence-corrected chi connectivity index (χ4v) is 3.83. The summed E-state index contributed by atoms with van der Waals surface area (Å²) in [7, 11) is 1.72. The number of nitrogens with two attached hydrogens (primary N) is 1. The van der Waals surface area contributed by atoms with Crippen molar-refractivity contribution in [3.8, 4) is 11.8 Å². The largest absolute Gasteiger partial charge is 0.382 e. The van der Waals surface area contributed by atoms with E-state index in [0.29, 0.717) is 35.9 Å². The van der Waals surface area contributed by atoms with Crippen LogP contribution in [0.1, 0.15) is 27.6 Å². The van der Waals surface area contributed by atoms with E-state index in [-0.39, 0.29) is 11.6 Å². The Hall–Kier alpha value is -3.45. The minimum absolute atomic E-state index is 0.256. The number of nitrogen functional groups attached to an aromatic ring is 1. The first-order valence-corrected chi connectivity index (χ1v) is 10.7. The molecule has 162 valence electrons. The number of hydrogen-bond acceptors (Lipinski definition) is 6. The van der Waals surface area contributed by atoms with Gasteiger partial charge in [-0.3, -0.25) is 4.99 Å². The van der Waals surface area contributed by atoms with Gasteiger partial charge in [0.15, 0.2) is 5.96 Å². The Morgan fingerprint density at radius 3 is 2.65 bits per heavy atom. The van der Waals surface area contributed by atoms with Gasteiger partial charge in [-0.25, -0.2) is 14.1 Å². The van der Waals surface area contributed by atoms with Gasteiger partial charge in [-0.2, -0.15) is 10.4 Å². The third-order valence-electron chi connectivity index (χ3n) is 4.58. The number of halogens is 1. The average molecular weight is 441 g/mol. The lowest BCUT2D eigenvalue weighted by Gasteiger charge is -2.11. The van der Waals surface area contributed by atoms with Crippen LogP contribution in [0.3, 0.4) is 0 Å². The van der Waals surface area contributed by atoms with Crippen LogP contribution in [-0.2, 0) is 12.8 Å². The molecule has 0 unspecified atom stereocenters. The molecule has 3 rings (SSSR count). The van der Waals surface area contributed by atoms with Crippen LogP contribution < -0.4 is 16.4 Å². The maximum Gasteiger partial charge on any atom is 0.190 e. The lowest BCUT2D eigenvalue weighted by molar-refractivity contribution is 0.627. The average Bonchev–Trinajstić information content (AvgIpc) is 3.32. The molecule has 3 aromatic rings. The molecule has 0 aliphatic rings. The van der Waals surface area contributed by atoms with Crippen LogP contribution in [-0.4, -0.2) is 40.9 Å². The Morgan fingerprint density at radius 1 is 1.26 bits per heavy atom. The summed E-state index contributed by atoms with van der Waals surface area (Å²) in [5.74, 6) is 0.627. The number of aryl methyl sites for hydroxylation is 2. The van der Waals surface area contributed by atoms with Gasteiger partial charge in [0.05, 0.1) is 16.4 Å². The Kier molecular flexibility index (Phi) is 7.56. The topological polar surface area (TPSA) is 117 Å². The molecule has 31 heavy (non-hydrogen) atoms. The Labute approximate surface area is 184 Å². The van der Waals surface area contributed by atoms with E-state index >= 15 is 0 Å². The normalized spacial score (nSPS) is 11.4. The Bertz CT molecular complexity index is 1080. The van der Waals surface area contributed by atoms with E-state index in [4.69, 9.17) is 5.73 Å². The van der Waals surface area contributed by atoms with E-state index in [1.165, 1.54) is 21.7 Å². The number of aliphatic imine (C=N–C) groups is 1. The van der Waals surface area contributed by atoms with Gasteiger partial charge in [-0.15, -0.1) is 11.3 Å². The van der Waals surface area contributed by atoms with Gasteiger partial charge in [-0.05, 0) is 44.0 Å². The molecule has 8 nitrogen and oxygen atoms in total. The third kappa shape index (κ3) is 5.79. The zero-order valence-electron chi connectivity index (χ0n) is 17.5. The highest BCUT2D eigenvalue weighted by atomic mass is 32.1. The fraction of sp³-hybridized carbons (Fsp3) is 0.333. The second-order valence-corrected chi connectivity index (χ2v) is 8.17. The van der Waals surface area contributed by atoms with E-state index in [1.807, 2.05) is 13.1 Å². The highest BCUT2D eigenvalue weighted by molar-refractivity contribution is 7.11. The zero-order valence-corrected chi connectivity index (χ0v) is 18.3. The summed E-state index contributed by atoms with van der Waals surface area (Å²) in [6.45, 7) is 3.44. The highest BCUT2D eigenvalue weighted by Crippen LogP contribution is 2.21. The minimum Gasteiger partial charge on any atom is -0.382 e. The van der Waals surface area contributed by atoms with Crippen molar-refractivity contribution in [2.75, 3.05) is 25.9 Å². The van der Waals surface area contributed by atoms with Gasteiger partial charge >= 0.3 is 0 Å². The standard InChI is InChI=1S/C21H25FN8S/c1-14-13-28-19(31-14)9-11-27-21(25-2)26-10-3-4-18-17(12-23)20(24)30(29-18)16-7-5-15(22)6-8-16/h5-8,13H,3-4,9-11,24H2,1-2H3,(H2,25,26,27). The number of aromatic nitrogens is 3. The van der Waals surface area contributed by atoms with Crippen molar-refractivity contribution in [2.45, 2.75) is 26.2 Å². The molecule has 10 heteroatoms. The number of guanidine groups is 1. The summed E-state index contributed by atoms with van der Waals surface area (Å²) >= 11 is 1.70. The van der Waals surface area contributed by atoms with Crippen molar-refractivity contribution >= 4 is 23.1 Å². The maximum absolute atomic E-state index is 13.2. The number of nitriles is 1. The highest BCUT2D eigenvalue weighted by Gasteiger charge is 2.16. The summed E-state index contributed by atoms with van der Waals surface area (Å²) < 4.78 is 14.7. The number of anilines is 1. The number of hydrogen-bond donors (Lipinski definition) is 3. The predicted molar refractivity (Wildman–Crippen MR) is 121 cm³/mol. The smallest absolute Gasteiger partial charge is 0.190 e. The lowest BCUT2D eigenvalue weighted by Crippen LogP contribution is -2.38. The summed E-state index contributed by atoms with van der Waals surface area (Å²) in [4.78, 5) is 9.78. The van der Waals surface area contributed by atoms with Crippen LogP contribution in [0, 0.1) is 24.1 Å². The summed E-state index contributed by atoms with van der Waals surface area (Å²) in [6.07, 6.45) is 4.03. The first-order valence-electron chi connectivity index (χ1n) is 9.91. The number of nitrogens with one attached hydrogen (secondary N) is 2. The molecule has 0 saturated heterocycles. The molecule has 0 spiro atoms. The van der Waals surface area contributed by atoms with Crippen LogP contribution in [0.5, 0.6) is 0 Å². The summed E-state index contributed by atoms with van der Waals surface area (Å²) in [5, 5.41) is 21.6. The van der Waals surface area contributed by atoms with Crippen LogP contribution in [0.15, 0.2) is 35.5 Å². The van der Waals surface area contributed by atoms with Crippen LogP contribution in [0.2, 0.25) is 0 Å². The third-order valence-corrected chi connectivity index (χ3v) is 5.56. The quantitative estimate of drug-likeness (QED) is 0.282. The molecule has 0 fully saturated rings. The maximum atomic E-state index is 13.2. The molecule has 1 aromatic carbocycles. The monoisotopic (exact) mass is 440 g/mol. The lowest BCUT2D eigenvalue weighted by atomic mass is 10.1. The molecule has 0 amide bonds. The molecular weight excluding hydrogens is 415 g/mol. The molecular formula is C21H25FN8S. The minimum atomic E-state index is -0.343. The summed E-state index contributed by atoms with van der Waals surface area (Å²) in [5.41, 5.74) is 7.68. The van der Waals surface area contributed by atoms with E-state index in [0.717, 1.165) is 24.4 Å². The SMILES string of the molecule is CN=C(NCCCc1nn(-c2ccc(F)cc2)c(N)c1C#N)NCCc1ncc(C)s1. The number of thiazole rings is 1. The van der Waals surface area contributed by atoms with Crippen molar-refractivity contribution in [3.63, 3.8) is 0 Å². The predicted octanol–water partition coefficient (Wildman–Crippen LogP) is 2.57. The Balaban J connectivity index is 1.51. The number of rotatable bonds is 8. The molecule has 0 bridgehead atoms. The molecule has 4 N–H and O–H groups in total. The first-order chi connectivity index (χ1) is 15.0. The van der Waals surface area contributed by atoms with Crippen LogP contribution in [0.4, 0.5) is 10.2 Å². The van der Waals surface area contributed by atoms with Gasteiger partial charge < -0.3 is 16.4 Å². The van der Waals surface area contributed by atoms with Crippen molar-refractivity contribution in [2.24, 2.45) is 4.99 Å². The molecule has 2 heterocycles. The van der Waals surface area contributed by atoms with Crippen molar-refractivity contribution in [1.82, 2.24) is 25.4 Å². The van der Waals surface area contributed by atoms with Gasteiger partial charge in [-0.1, -0.05) is 0 Å².